The van der Waals surface area contributed by atoms with E-state index in [0.29, 0.717) is 37.7 Å². The maximum absolute atomic E-state index is 14.1. The minimum Gasteiger partial charge on any atom is -0.493 e. The summed E-state index contributed by atoms with van der Waals surface area (Å²) in [6.45, 7) is 4.38. The summed E-state index contributed by atoms with van der Waals surface area (Å²) in [5.74, 6) is 0.989. The van der Waals surface area contributed by atoms with Crippen molar-refractivity contribution in [2.45, 2.75) is 39.2 Å². The number of carbonyl (C=O) groups excluding carboxylic acids is 1. The first-order chi connectivity index (χ1) is 15.6. The van der Waals surface area contributed by atoms with E-state index in [-0.39, 0.29) is 11.8 Å². The van der Waals surface area contributed by atoms with Crippen molar-refractivity contribution in [3.05, 3.63) is 54.0 Å². The molecule has 2 amide bonds. The zero-order chi connectivity index (χ0) is 22.5. The van der Waals surface area contributed by atoms with Crippen LogP contribution in [0.4, 0.5) is 14.9 Å². The lowest BCUT2D eigenvalue weighted by Gasteiger charge is -2.36. The van der Waals surface area contributed by atoms with Gasteiger partial charge in [-0.2, -0.15) is 0 Å². The van der Waals surface area contributed by atoms with E-state index in [1.807, 2.05) is 24.3 Å². The molecule has 170 valence electrons. The van der Waals surface area contributed by atoms with Crippen LogP contribution in [0.25, 0.3) is 10.9 Å². The van der Waals surface area contributed by atoms with E-state index in [1.54, 1.807) is 23.1 Å². The van der Waals surface area contributed by atoms with Crippen LogP contribution in [0.15, 0.2) is 42.6 Å². The Morgan fingerprint density at radius 3 is 2.78 bits per heavy atom. The summed E-state index contributed by atoms with van der Waals surface area (Å²) in [7, 11) is 1.61. The van der Waals surface area contributed by atoms with Crippen LogP contribution in [0.2, 0.25) is 0 Å². The molecule has 7 heteroatoms. The number of nitrogens with zero attached hydrogens (tertiary/aromatic N) is 2. The Morgan fingerprint density at radius 2 is 1.97 bits per heavy atom. The largest absolute Gasteiger partial charge is 0.493 e. The Bertz CT molecular complexity index is 1080. The van der Waals surface area contributed by atoms with Crippen molar-refractivity contribution < 1.29 is 18.7 Å². The minimum absolute atomic E-state index is 0.0914. The first-order valence-electron chi connectivity index (χ1n) is 11.2. The molecule has 1 aliphatic heterocycles. The van der Waals surface area contributed by atoms with Crippen molar-refractivity contribution in [2.24, 2.45) is 0 Å². The van der Waals surface area contributed by atoms with Crippen LogP contribution in [-0.2, 0) is 6.54 Å². The monoisotopic (exact) mass is 439 g/mol. The van der Waals surface area contributed by atoms with Crippen molar-refractivity contribution in [1.82, 2.24) is 9.88 Å². The van der Waals surface area contributed by atoms with Crippen molar-refractivity contribution >= 4 is 22.6 Å². The van der Waals surface area contributed by atoms with Gasteiger partial charge in [-0.1, -0.05) is 19.8 Å². The molecule has 3 aromatic rings. The number of amides is 2. The molecule has 0 bridgehead atoms. The van der Waals surface area contributed by atoms with Gasteiger partial charge in [0.25, 0.3) is 0 Å². The van der Waals surface area contributed by atoms with E-state index in [0.717, 1.165) is 47.8 Å². The molecule has 0 unspecified atom stereocenters. The maximum Gasteiger partial charge on any atom is 0.324 e. The lowest BCUT2D eigenvalue weighted by atomic mass is 10.1. The van der Waals surface area contributed by atoms with Crippen LogP contribution in [0.1, 0.15) is 38.2 Å². The fourth-order valence-electron chi connectivity index (χ4n) is 4.19. The molecular weight excluding hydrogens is 409 g/mol. The lowest BCUT2D eigenvalue weighted by molar-refractivity contribution is 0.192. The number of halogens is 1. The molecule has 2 aromatic carbocycles. The fourth-order valence-corrected chi connectivity index (χ4v) is 4.19. The SMILES string of the molecule is CCCCCOc1cc(N2CCCN(Cc3cc(F)cc4[nH]ccc34)C2=O)ccc1OC. The molecule has 2 heterocycles. The van der Waals surface area contributed by atoms with E-state index in [1.165, 1.54) is 12.1 Å². The molecule has 4 rings (SSSR count). The number of aromatic nitrogens is 1. The number of anilines is 1. The number of hydrogen-bond acceptors (Lipinski definition) is 3. The van der Waals surface area contributed by atoms with Crippen molar-refractivity contribution in [3.63, 3.8) is 0 Å². The Kier molecular flexibility index (Phi) is 6.83. The molecule has 6 nitrogen and oxygen atoms in total. The van der Waals surface area contributed by atoms with E-state index >= 15 is 0 Å². The Balaban J connectivity index is 1.53. The van der Waals surface area contributed by atoms with E-state index < -0.39 is 0 Å². The molecular formula is C25H30FN3O3. The first kappa shape index (κ1) is 22.0. The summed E-state index contributed by atoms with van der Waals surface area (Å²) in [5, 5.41) is 0.934. The molecule has 0 radical (unpaired) electrons. The number of carbonyl (C=O) groups is 1. The molecule has 0 aliphatic carbocycles. The first-order valence-corrected chi connectivity index (χ1v) is 11.2. The van der Waals surface area contributed by atoms with Gasteiger partial charge in [-0.15, -0.1) is 0 Å². The van der Waals surface area contributed by atoms with Crippen LogP contribution >= 0.6 is 0 Å². The number of unbranched alkanes of at least 4 members (excludes halogenated alkanes) is 2. The fraction of sp³-hybridized carbons (Fsp3) is 0.400. The Morgan fingerprint density at radius 1 is 1.09 bits per heavy atom. The van der Waals surface area contributed by atoms with Crippen LogP contribution in [0.3, 0.4) is 0 Å². The molecule has 32 heavy (non-hydrogen) atoms. The van der Waals surface area contributed by atoms with Gasteiger partial charge >= 0.3 is 6.03 Å². The summed E-state index contributed by atoms with van der Waals surface area (Å²) in [4.78, 5) is 19.9. The number of aromatic amines is 1. The van der Waals surface area contributed by atoms with E-state index in [9.17, 15) is 9.18 Å². The number of urea groups is 1. The zero-order valence-electron chi connectivity index (χ0n) is 18.7. The highest BCUT2D eigenvalue weighted by atomic mass is 19.1. The highest BCUT2D eigenvalue weighted by molar-refractivity contribution is 5.93. The molecule has 1 aromatic heterocycles. The number of methoxy groups -OCH3 is 1. The number of rotatable bonds is 9. The van der Waals surface area contributed by atoms with E-state index in [4.69, 9.17) is 9.47 Å². The number of hydrogen-bond donors (Lipinski definition) is 1. The Labute approximate surface area is 187 Å². The molecule has 1 saturated heterocycles. The predicted molar refractivity (Wildman–Crippen MR) is 124 cm³/mol. The van der Waals surface area contributed by atoms with Gasteiger partial charge in [-0.25, -0.2) is 9.18 Å². The van der Waals surface area contributed by atoms with Gasteiger partial charge in [0.15, 0.2) is 11.5 Å². The number of nitrogens with one attached hydrogen (secondary N) is 1. The van der Waals surface area contributed by atoms with Crippen molar-refractivity contribution in [2.75, 3.05) is 31.7 Å². The molecule has 1 N–H and O–H groups in total. The third kappa shape index (κ3) is 4.66. The average molecular weight is 440 g/mol. The predicted octanol–water partition coefficient (Wildman–Crippen LogP) is 5.72. The van der Waals surface area contributed by atoms with Gasteiger partial charge < -0.3 is 19.4 Å². The molecule has 0 spiro atoms. The van der Waals surface area contributed by atoms with Crippen LogP contribution in [0.5, 0.6) is 11.5 Å². The minimum atomic E-state index is -0.309. The zero-order valence-corrected chi connectivity index (χ0v) is 18.7. The van der Waals surface area contributed by atoms with Crippen LogP contribution < -0.4 is 14.4 Å². The molecule has 1 fully saturated rings. The van der Waals surface area contributed by atoms with Crippen LogP contribution in [0, 0.1) is 5.82 Å². The van der Waals surface area contributed by atoms with Crippen molar-refractivity contribution in [3.8, 4) is 11.5 Å². The molecule has 0 atom stereocenters. The smallest absolute Gasteiger partial charge is 0.324 e. The summed E-state index contributed by atoms with van der Waals surface area (Å²) in [6, 6.07) is 10.4. The number of fused-ring (bicyclic) bond motifs is 1. The normalized spacial score (nSPS) is 14.3. The highest BCUT2D eigenvalue weighted by Crippen LogP contribution is 2.33. The highest BCUT2D eigenvalue weighted by Gasteiger charge is 2.28. The second kappa shape index (κ2) is 9.94. The summed E-state index contributed by atoms with van der Waals surface area (Å²) < 4.78 is 25.5. The summed E-state index contributed by atoms with van der Waals surface area (Å²) in [6.07, 6.45) is 5.82. The van der Waals surface area contributed by atoms with E-state index in [2.05, 4.69) is 11.9 Å². The van der Waals surface area contributed by atoms with Crippen molar-refractivity contribution in [1.29, 1.82) is 0 Å². The standard InChI is InChI=1S/C25H30FN3O3/c1-3-4-5-13-32-24-16-20(7-8-23(24)31-2)29-12-6-11-28(25(29)30)17-18-14-19(26)15-22-21(18)9-10-27-22/h7-10,14-16,27H,3-6,11-13,17H2,1-2H3. The second-order valence-corrected chi connectivity index (χ2v) is 8.10. The number of benzene rings is 2. The Hall–Kier alpha value is -3.22. The molecule has 1 aliphatic rings. The topological polar surface area (TPSA) is 57.8 Å². The number of ether oxygens (including phenoxy) is 2. The summed E-state index contributed by atoms with van der Waals surface area (Å²) >= 11 is 0. The van der Waals surface area contributed by atoms with Gasteiger partial charge in [0.1, 0.15) is 5.82 Å². The van der Waals surface area contributed by atoms with Crippen LogP contribution in [-0.4, -0.2) is 42.7 Å². The maximum atomic E-state index is 14.1. The van der Waals surface area contributed by atoms with Gasteiger partial charge in [-0.05, 0) is 48.7 Å². The number of H-pyrrole nitrogens is 1. The quantitative estimate of drug-likeness (QED) is 0.434. The molecule has 0 saturated carbocycles. The third-order valence-corrected chi connectivity index (χ3v) is 5.86. The average Bonchev–Trinajstić information content (AvgIpc) is 3.26. The van der Waals surface area contributed by atoms with Gasteiger partial charge in [0.2, 0.25) is 0 Å². The summed E-state index contributed by atoms with van der Waals surface area (Å²) in [5.41, 5.74) is 2.31. The van der Waals surface area contributed by atoms with Gasteiger partial charge in [-0.3, -0.25) is 4.90 Å². The second-order valence-electron chi connectivity index (χ2n) is 8.10. The van der Waals surface area contributed by atoms with Gasteiger partial charge in [0, 0.05) is 48.5 Å². The third-order valence-electron chi connectivity index (χ3n) is 5.86. The van der Waals surface area contributed by atoms with Gasteiger partial charge in [0.05, 0.1) is 13.7 Å². The lowest BCUT2D eigenvalue weighted by Crippen LogP contribution is -2.49.